The van der Waals surface area contributed by atoms with Crippen LogP contribution in [0.1, 0.15) is 35.6 Å². The van der Waals surface area contributed by atoms with Crippen molar-refractivity contribution in [2.45, 2.75) is 25.5 Å². The number of benzene rings is 3. The van der Waals surface area contributed by atoms with Crippen LogP contribution >= 0.6 is 23.2 Å². The third-order valence-electron chi connectivity index (χ3n) is 5.85. The molecule has 6 heteroatoms. The van der Waals surface area contributed by atoms with Gasteiger partial charge in [-0.1, -0.05) is 71.7 Å². The van der Waals surface area contributed by atoms with Gasteiger partial charge in [0.05, 0.1) is 12.0 Å². The van der Waals surface area contributed by atoms with Gasteiger partial charge in [-0.2, -0.15) is 0 Å². The van der Waals surface area contributed by atoms with E-state index in [9.17, 15) is 9.90 Å². The number of piperidine rings is 1. The highest BCUT2D eigenvalue weighted by Crippen LogP contribution is 2.38. The summed E-state index contributed by atoms with van der Waals surface area (Å²) in [6.07, 6.45) is 1.51. The number of halogens is 2. The van der Waals surface area contributed by atoms with Gasteiger partial charge < -0.3 is 9.84 Å². The Morgan fingerprint density at radius 2 is 1.88 bits per heavy atom. The average Bonchev–Trinajstić information content (AvgIpc) is 2.80. The molecule has 2 unspecified atom stereocenters. The van der Waals surface area contributed by atoms with Gasteiger partial charge in [-0.15, -0.1) is 0 Å². The lowest BCUT2D eigenvalue weighted by Crippen LogP contribution is -2.41. The summed E-state index contributed by atoms with van der Waals surface area (Å²) in [4.78, 5) is 13.9. The topological polar surface area (TPSA) is 49.8 Å². The average molecular weight is 470 g/mol. The molecule has 0 saturated carbocycles. The first-order chi connectivity index (χ1) is 15.5. The van der Waals surface area contributed by atoms with Gasteiger partial charge in [-0.25, -0.2) is 0 Å². The number of ether oxygens (including phenoxy) is 1. The molecule has 1 fully saturated rings. The Labute approximate surface area is 198 Å². The number of carboxylic acid groups (broad SMARTS) is 1. The van der Waals surface area contributed by atoms with E-state index in [0.29, 0.717) is 29.6 Å². The SMILES string of the molecule is O=C(O)C1CCCN(C(c2cccc(OCc3ccccc3)c2)c2ccc(Cl)cc2Cl)C1. The number of hydrogen-bond donors (Lipinski definition) is 1. The normalized spacial score (nSPS) is 17.6. The Hall–Kier alpha value is -2.53. The van der Waals surface area contributed by atoms with Crippen LogP contribution in [0.15, 0.2) is 72.8 Å². The number of hydrogen-bond acceptors (Lipinski definition) is 3. The van der Waals surface area contributed by atoms with Gasteiger partial charge in [0.25, 0.3) is 0 Å². The molecule has 2 atom stereocenters. The summed E-state index contributed by atoms with van der Waals surface area (Å²) in [5, 5.41) is 10.7. The van der Waals surface area contributed by atoms with Crippen LogP contribution in [-0.2, 0) is 11.4 Å². The standard InChI is InChI=1S/C26H25Cl2NO3/c27-21-11-12-23(24(28)15-21)25(29-13-5-9-20(16-29)26(30)31)19-8-4-10-22(14-19)32-17-18-6-2-1-3-7-18/h1-4,6-8,10-12,14-15,20,25H,5,9,13,16-17H2,(H,30,31). The third-order valence-corrected chi connectivity index (χ3v) is 6.41. The lowest BCUT2D eigenvalue weighted by Gasteiger charge is -2.38. The highest BCUT2D eigenvalue weighted by Gasteiger charge is 2.32. The molecule has 0 aromatic heterocycles. The number of aliphatic carboxylic acids is 1. The van der Waals surface area contributed by atoms with E-state index in [1.54, 1.807) is 6.07 Å². The first kappa shape index (κ1) is 22.7. The summed E-state index contributed by atoms with van der Waals surface area (Å²) < 4.78 is 6.05. The molecule has 0 bridgehead atoms. The van der Waals surface area contributed by atoms with Crippen LogP contribution in [0.3, 0.4) is 0 Å². The van der Waals surface area contributed by atoms with E-state index < -0.39 is 11.9 Å². The largest absolute Gasteiger partial charge is 0.489 e. The zero-order valence-corrected chi connectivity index (χ0v) is 19.1. The van der Waals surface area contributed by atoms with Crippen LogP contribution < -0.4 is 4.74 Å². The van der Waals surface area contributed by atoms with E-state index in [1.807, 2.05) is 66.7 Å². The van der Waals surface area contributed by atoms with Crippen molar-refractivity contribution in [3.63, 3.8) is 0 Å². The third kappa shape index (κ3) is 5.44. The van der Waals surface area contributed by atoms with Gasteiger partial charge in [0, 0.05) is 16.6 Å². The van der Waals surface area contributed by atoms with Gasteiger partial charge in [0.2, 0.25) is 0 Å². The molecular weight excluding hydrogens is 445 g/mol. The summed E-state index contributed by atoms with van der Waals surface area (Å²) >= 11 is 12.8. The monoisotopic (exact) mass is 469 g/mol. The van der Waals surface area contributed by atoms with Gasteiger partial charge in [-0.3, -0.25) is 9.69 Å². The van der Waals surface area contributed by atoms with Crippen molar-refractivity contribution in [3.8, 4) is 5.75 Å². The smallest absolute Gasteiger partial charge is 0.307 e. The van der Waals surface area contributed by atoms with Crippen molar-refractivity contribution >= 4 is 29.2 Å². The Balaban J connectivity index is 1.66. The van der Waals surface area contributed by atoms with E-state index >= 15 is 0 Å². The molecule has 3 aromatic rings. The Morgan fingerprint density at radius 1 is 1.06 bits per heavy atom. The summed E-state index contributed by atoms with van der Waals surface area (Å²) in [7, 11) is 0. The van der Waals surface area contributed by atoms with Crippen molar-refractivity contribution < 1.29 is 14.6 Å². The maximum Gasteiger partial charge on any atom is 0.307 e. The fraction of sp³-hybridized carbons (Fsp3) is 0.269. The second-order valence-electron chi connectivity index (χ2n) is 8.09. The predicted octanol–water partition coefficient (Wildman–Crippen LogP) is 6.46. The number of carboxylic acids is 1. The molecule has 4 nitrogen and oxygen atoms in total. The molecule has 1 aliphatic rings. The van der Waals surface area contributed by atoms with Crippen molar-refractivity contribution in [2.75, 3.05) is 13.1 Å². The minimum atomic E-state index is -0.754. The van der Waals surface area contributed by atoms with Crippen molar-refractivity contribution in [3.05, 3.63) is 99.5 Å². The van der Waals surface area contributed by atoms with Gasteiger partial charge in [-0.05, 0) is 60.3 Å². The van der Waals surface area contributed by atoms with Gasteiger partial charge in [0.15, 0.2) is 0 Å². The van der Waals surface area contributed by atoms with Crippen LogP contribution in [0.25, 0.3) is 0 Å². The van der Waals surface area contributed by atoms with E-state index in [-0.39, 0.29) is 6.04 Å². The Kier molecular flexibility index (Phi) is 7.36. The lowest BCUT2D eigenvalue weighted by atomic mass is 9.91. The zero-order chi connectivity index (χ0) is 22.5. The van der Waals surface area contributed by atoms with Gasteiger partial charge >= 0.3 is 5.97 Å². The molecule has 1 heterocycles. The second kappa shape index (κ2) is 10.4. The lowest BCUT2D eigenvalue weighted by molar-refractivity contribution is -0.143. The van der Waals surface area contributed by atoms with Crippen LogP contribution in [0.4, 0.5) is 0 Å². The molecule has 1 aliphatic heterocycles. The molecule has 0 spiro atoms. The maximum atomic E-state index is 11.7. The minimum absolute atomic E-state index is 0.192. The predicted molar refractivity (Wildman–Crippen MR) is 127 cm³/mol. The van der Waals surface area contributed by atoms with Gasteiger partial charge in [0.1, 0.15) is 12.4 Å². The molecule has 0 radical (unpaired) electrons. The van der Waals surface area contributed by atoms with Crippen LogP contribution in [0, 0.1) is 5.92 Å². The molecule has 0 aliphatic carbocycles. The molecule has 3 aromatic carbocycles. The fourth-order valence-electron chi connectivity index (χ4n) is 4.27. The first-order valence-electron chi connectivity index (χ1n) is 10.7. The Morgan fingerprint density at radius 3 is 2.62 bits per heavy atom. The molecule has 32 heavy (non-hydrogen) atoms. The summed E-state index contributed by atoms with van der Waals surface area (Å²) in [5.41, 5.74) is 3.00. The maximum absolute atomic E-state index is 11.7. The number of carbonyl (C=O) groups is 1. The molecular formula is C26H25Cl2NO3. The van der Waals surface area contributed by atoms with E-state index in [2.05, 4.69) is 4.90 Å². The van der Waals surface area contributed by atoms with Crippen molar-refractivity contribution in [2.24, 2.45) is 5.92 Å². The van der Waals surface area contributed by atoms with Crippen molar-refractivity contribution in [1.82, 2.24) is 4.90 Å². The minimum Gasteiger partial charge on any atom is -0.489 e. The van der Waals surface area contributed by atoms with Crippen molar-refractivity contribution in [1.29, 1.82) is 0 Å². The van der Waals surface area contributed by atoms with Crippen LogP contribution in [0.5, 0.6) is 5.75 Å². The highest BCUT2D eigenvalue weighted by molar-refractivity contribution is 6.35. The fourth-order valence-corrected chi connectivity index (χ4v) is 4.78. The van der Waals surface area contributed by atoms with Crippen LogP contribution in [-0.4, -0.2) is 29.1 Å². The highest BCUT2D eigenvalue weighted by atomic mass is 35.5. The molecule has 4 rings (SSSR count). The quantitative estimate of drug-likeness (QED) is 0.431. The summed E-state index contributed by atoms with van der Waals surface area (Å²) in [6.45, 7) is 1.73. The molecule has 166 valence electrons. The zero-order valence-electron chi connectivity index (χ0n) is 17.6. The van der Waals surface area contributed by atoms with Crippen LogP contribution in [0.2, 0.25) is 10.0 Å². The summed E-state index contributed by atoms with van der Waals surface area (Å²) in [5.74, 6) is -0.390. The second-order valence-corrected chi connectivity index (χ2v) is 8.93. The molecule has 0 amide bonds. The number of nitrogens with zero attached hydrogens (tertiary/aromatic N) is 1. The summed E-state index contributed by atoms with van der Waals surface area (Å²) in [6, 6.07) is 23.3. The molecule has 1 N–H and O–H groups in total. The van der Waals surface area contributed by atoms with E-state index in [0.717, 1.165) is 35.4 Å². The van der Waals surface area contributed by atoms with E-state index in [1.165, 1.54) is 0 Å². The number of likely N-dealkylation sites (tertiary alicyclic amines) is 1. The number of rotatable bonds is 7. The molecule has 1 saturated heterocycles. The van der Waals surface area contributed by atoms with E-state index in [4.69, 9.17) is 27.9 Å². The first-order valence-corrected chi connectivity index (χ1v) is 11.5. The Bertz CT molecular complexity index is 1070.